The summed E-state index contributed by atoms with van der Waals surface area (Å²) in [6.45, 7) is 7.26. The molecule has 1 rings (SSSR count). The second-order valence-electron chi connectivity index (χ2n) is 4.21. The van der Waals surface area contributed by atoms with Crippen LogP contribution in [0.2, 0.25) is 0 Å². The van der Waals surface area contributed by atoms with Crippen LogP contribution in [0.1, 0.15) is 19.4 Å². The molecule has 17 heavy (non-hydrogen) atoms. The van der Waals surface area contributed by atoms with Gasteiger partial charge in [0.1, 0.15) is 0 Å². The molecule has 0 aliphatic rings. The van der Waals surface area contributed by atoms with Gasteiger partial charge in [0.2, 0.25) is 0 Å². The molecule has 0 saturated carbocycles. The van der Waals surface area contributed by atoms with Gasteiger partial charge in [-0.15, -0.1) is 6.58 Å². The largest absolute Gasteiger partial charge is 0.479 e. The second kappa shape index (κ2) is 5.64. The van der Waals surface area contributed by atoms with Crippen molar-refractivity contribution in [3.8, 4) is 0 Å². The van der Waals surface area contributed by atoms with Gasteiger partial charge >= 0.3 is 5.97 Å². The van der Waals surface area contributed by atoms with Crippen LogP contribution >= 0.6 is 0 Å². The summed E-state index contributed by atoms with van der Waals surface area (Å²) in [5.41, 5.74) is -0.284. The molecule has 0 aliphatic heterocycles. The number of ether oxygens (including phenoxy) is 1. The first kappa shape index (κ1) is 13.5. The lowest BCUT2D eigenvalue weighted by atomic mass is 9.90. The van der Waals surface area contributed by atoms with Crippen LogP contribution in [0, 0.1) is 5.92 Å². The molecule has 0 spiro atoms. The van der Waals surface area contributed by atoms with Crippen LogP contribution < -0.4 is 0 Å². The molecular weight excluding hydrogens is 216 g/mol. The van der Waals surface area contributed by atoms with Gasteiger partial charge in [-0.3, -0.25) is 0 Å². The van der Waals surface area contributed by atoms with Gasteiger partial charge in [-0.2, -0.15) is 0 Å². The van der Waals surface area contributed by atoms with Crippen molar-refractivity contribution in [1.82, 2.24) is 0 Å². The number of hydrogen-bond acceptors (Lipinski definition) is 2. The zero-order valence-corrected chi connectivity index (χ0v) is 10.2. The van der Waals surface area contributed by atoms with Gasteiger partial charge in [0.05, 0.1) is 6.61 Å². The van der Waals surface area contributed by atoms with Crippen LogP contribution in [0.5, 0.6) is 0 Å². The SMILES string of the molecule is C=CC(C)C(C)(OCc1ccccc1)C(=O)O. The molecule has 2 atom stereocenters. The number of benzene rings is 1. The Morgan fingerprint density at radius 2 is 2.12 bits per heavy atom. The summed E-state index contributed by atoms with van der Waals surface area (Å²) in [4.78, 5) is 11.3. The molecule has 2 unspecified atom stereocenters. The average molecular weight is 234 g/mol. The van der Waals surface area contributed by atoms with Gasteiger partial charge in [0, 0.05) is 5.92 Å². The Balaban J connectivity index is 2.75. The van der Waals surface area contributed by atoms with E-state index in [1.54, 1.807) is 19.9 Å². The third-order valence-corrected chi connectivity index (χ3v) is 3.03. The van der Waals surface area contributed by atoms with E-state index in [0.29, 0.717) is 0 Å². The molecule has 0 saturated heterocycles. The second-order valence-corrected chi connectivity index (χ2v) is 4.21. The molecule has 0 aliphatic carbocycles. The normalized spacial score (nSPS) is 15.9. The van der Waals surface area contributed by atoms with Gasteiger partial charge < -0.3 is 9.84 Å². The van der Waals surface area contributed by atoms with E-state index in [2.05, 4.69) is 6.58 Å². The molecule has 1 aromatic carbocycles. The van der Waals surface area contributed by atoms with E-state index in [1.165, 1.54) is 0 Å². The summed E-state index contributed by atoms with van der Waals surface area (Å²) in [7, 11) is 0. The number of aliphatic carboxylic acids is 1. The number of hydrogen-bond donors (Lipinski definition) is 1. The van der Waals surface area contributed by atoms with E-state index < -0.39 is 11.6 Å². The molecule has 92 valence electrons. The maximum absolute atomic E-state index is 11.3. The molecule has 0 aromatic heterocycles. The topological polar surface area (TPSA) is 46.5 Å². The Morgan fingerprint density at radius 3 is 2.59 bits per heavy atom. The standard InChI is InChI=1S/C14H18O3/c1-4-11(2)14(3,13(15)16)17-10-12-8-6-5-7-9-12/h4-9,11H,1,10H2,2-3H3,(H,15,16). The fourth-order valence-corrected chi connectivity index (χ4v) is 1.42. The van der Waals surface area contributed by atoms with Crippen molar-refractivity contribution in [3.05, 3.63) is 48.6 Å². The van der Waals surface area contributed by atoms with Crippen molar-refractivity contribution < 1.29 is 14.6 Å². The molecular formula is C14H18O3. The third-order valence-electron chi connectivity index (χ3n) is 3.03. The van der Waals surface area contributed by atoms with Crippen molar-refractivity contribution in [2.75, 3.05) is 0 Å². The Morgan fingerprint density at radius 1 is 1.53 bits per heavy atom. The highest BCUT2D eigenvalue weighted by Gasteiger charge is 2.38. The van der Waals surface area contributed by atoms with Crippen LogP contribution in [0.25, 0.3) is 0 Å². The first-order valence-corrected chi connectivity index (χ1v) is 5.54. The molecule has 0 bridgehead atoms. The molecule has 0 heterocycles. The Kier molecular flexibility index (Phi) is 4.46. The van der Waals surface area contributed by atoms with E-state index >= 15 is 0 Å². The van der Waals surface area contributed by atoms with Crippen LogP contribution in [0.15, 0.2) is 43.0 Å². The van der Waals surface area contributed by atoms with Crippen molar-refractivity contribution >= 4 is 5.97 Å². The number of rotatable bonds is 6. The maximum Gasteiger partial charge on any atom is 0.336 e. The highest BCUT2D eigenvalue weighted by atomic mass is 16.5. The quantitative estimate of drug-likeness (QED) is 0.770. The fraction of sp³-hybridized carbons (Fsp3) is 0.357. The van der Waals surface area contributed by atoms with Crippen molar-refractivity contribution in [1.29, 1.82) is 0 Å². The fourth-order valence-electron chi connectivity index (χ4n) is 1.42. The zero-order valence-electron chi connectivity index (χ0n) is 10.2. The monoisotopic (exact) mass is 234 g/mol. The van der Waals surface area contributed by atoms with E-state index in [0.717, 1.165) is 5.56 Å². The molecule has 0 amide bonds. The predicted octanol–water partition coefficient (Wildman–Crippen LogP) is 2.87. The van der Waals surface area contributed by atoms with Crippen molar-refractivity contribution in [2.24, 2.45) is 5.92 Å². The molecule has 0 radical (unpaired) electrons. The first-order valence-electron chi connectivity index (χ1n) is 5.54. The van der Waals surface area contributed by atoms with E-state index in [1.807, 2.05) is 30.3 Å². The summed E-state index contributed by atoms with van der Waals surface area (Å²) in [5, 5.41) is 9.24. The van der Waals surface area contributed by atoms with Crippen LogP contribution in [-0.2, 0) is 16.1 Å². The summed E-state index contributed by atoms with van der Waals surface area (Å²) in [6.07, 6.45) is 1.60. The van der Waals surface area contributed by atoms with Gasteiger partial charge in [-0.1, -0.05) is 43.3 Å². The molecule has 3 heteroatoms. The third kappa shape index (κ3) is 3.17. The average Bonchev–Trinajstić information content (AvgIpc) is 2.35. The summed E-state index contributed by atoms with van der Waals surface area (Å²) >= 11 is 0. The van der Waals surface area contributed by atoms with Gasteiger partial charge in [-0.05, 0) is 12.5 Å². The van der Waals surface area contributed by atoms with Crippen LogP contribution in [-0.4, -0.2) is 16.7 Å². The number of carboxylic acids is 1. The number of carboxylic acid groups (broad SMARTS) is 1. The molecule has 3 nitrogen and oxygen atoms in total. The summed E-state index contributed by atoms with van der Waals surface area (Å²) in [6, 6.07) is 9.51. The van der Waals surface area contributed by atoms with Crippen LogP contribution in [0.4, 0.5) is 0 Å². The Bertz CT molecular complexity index is 386. The lowest BCUT2D eigenvalue weighted by Crippen LogP contribution is -2.43. The summed E-state index contributed by atoms with van der Waals surface area (Å²) < 4.78 is 5.56. The number of carbonyl (C=O) groups is 1. The van der Waals surface area contributed by atoms with Gasteiger partial charge in [0.25, 0.3) is 0 Å². The minimum atomic E-state index is -1.24. The molecule has 1 aromatic rings. The molecule has 1 N–H and O–H groups in total. The van der Waals surface area contributed by atoms with Gasteiger partial charge in [0.15, 0.2) is 5.60 Å². The molecule has 0 fully saturated rings. The van der Waals surface area contributed by atoms with E-state index in [-0.39, 0.29) is 12.5 Å². The minimum Gasteiger partial charge on any atom is -0.479 e. The highest BCUT2D eigenvalue weighted by Crippen LogP contribution is 2.24. The van der Waals surface area contributed by atoms with Crippen molar-refractivity contribution in [3.63, 3.8) is 0 Å². The van der Waals surface area contributed by atoms with E-state index in [4.69, 9.17) is 4.74 Å². The predicted molar refractivity (Wildman–Crippen MR) is 66.6 cm³/mol. The zero-order chi connectivity index (χ0) is 12.9. The highest BCUT2D eigenvalue weighted by molar-refractivity contribution is 5.77. The Labute approximate surface area is 102 Å². The Hall–Kier alpha value is -1.61. The smallest absolute Gasteiger partial charge is 0.336 e. The van der Waals surface area contributed by atoms with Crippen LogP contribution in [0.3, 0.4) is 0 Å². The van der Waals surface area contributed by atoms with Gasteiger partial charge in [-0.25, -0.2) is 4.79 Å². The maximum atomic E-state index is 11.3. The lowest BCUT2D eigenvalue weighted by molar-refractivity contribution is -0.170. The lowest BCUT2D eigenvalue weighted by Gasteiger charge is -2.29. The van der Waals surface area contributed by atoms with Crippen molar-refractivity contribution in [2.45, 2.75) is 26.1 Å². The summed E-state index contributed by atoms with van der Waals surface area (Å²) in [5.74, 6) is -1.23. The van der Waals surface area contributed by atoms with E-state index in [9.17, 15) is 9.90 Å². The first-order chi connectivity index (χ1) is 8.00. The minimum absolute atomic E-state index is 0.260.